The number of hydrogen-bond acceptors (Lipinski definition) is 6. The van der Waals surface area contributed by atoms with Crippen LogP contribution in [0.2, 0.25) is 0 Å². The Morgan fingerprint density at radius 2 is 0.818 bits per heavy atom. The monoisotopic (exact) mass is 318 g/mol. The maximum absolute atomic E-state index is 12.6. The highest BCUT2D eigenvalue weighted by Crippen LogP contribution is 2.34. The van der Waals surface area contributed by atoms with Crippen molar-refractivity contribution in [2.45, 2.75) is 77.8 Å². The summed E-state index contributed by atoms with van der Waals surface area (Å²) >= 11 is 0. The van der Waals surface area contributed by atoms with Gasteiger partial charge in [0, 0.05) is 14.2 Å². The highest BCUT2D eigenvalue weighted by Gasteiger charge is 2.60. The Labute approximate surface area is 133 Å². The maximum atomic E-state index is 12.6. The summed E-state index contributed by atoms with van der Waals surface area (Å²) in [4.78, 5) is 25.1. The number of hydrogen-bond donors (Lipinski definition) is 0. The van der Waals surface area contributed by atoms with Crippen LogP contribution in [-0.2, 0) is 28.5 Å². The van der Waals surface area contributed by atoms with Gasteiger partial charge in [-0.25, -0.2) is 9.59 Å². The van der Waals surface area contributed by atoms with Crippen molar-refractivity contribution in [2.75, 3.05) is 14.2 Å². The molecule has 0 bridgehead atoms. The largest absolute Gasteiger partial charge is 0.458 e. The third-order valence-corrected chi connectivity index (χ3v) is 3.30. The fourth-order valence-corrected chi connectivity index (χ4v) is 1.70. The second-order valence-corrected chi connectivity index (χ2v) is 7.48. The van der Waals surface area contributed by atoms with Gasteiger partial charge in [-0.2, -0.15) is 0 Å². The number of ether oxygens (including phenoxy) is 4. The molecule has 2 unspecified atom stereocenters. The Bertz CT molecular complexity index is 377. The van der Waals surface area contributed by atoms with Crippen molar-refractivity contribution in [3.63, 3.8) is 0 Å². The summed E-state index contributed by atoms with van der Waals surface area (Å²) in [6, 6.07) is 0. The van der Waals surface area contributed by atoms with Gasteiger partial charge in [-0.3, -0.25) is 0 Å². The molecule has 2 atom stereocenters. The molecule has 0 spiro atoms. The molecule has 0 saturated carbocycles. The van der Waals surface area contributed by atoms with E-state index in [1.54, 1.807) is 41.5 Å². The van der Waals surface area contributed by atoms with Crippen LogP contribution in [0.15, 0.2) is 0 Å². The van der Waals surface area contributed by atoms with Gasteiger partial charge in [0.15, 0.2) is 0 Å². The van der Waals surface area contributed by atoms with Crippen LogP contribution in [0.5, 0.6) is 0 Å². The van der Waals surface area contributed by atoms with Gasteiger partial charge in [-0.05, 0) is 55.4 Å². The van der Waals surface area contributed by atoms with Crippen molar-refractivity contribution in [3.8, 4) is 0 Å². The number of rotatable bonds is 5. The predicted molar refractivity (Wildman–Crippen MR) is 82.5 cm³/mol. The van der Waals surface area contributed by atoms with E-state index in [-0.39, 0.29) is 0 Å². The number of methoxy groups -OCH3 is 2. The van der Waals surface area contributed by atoms with Crippen molar-refractivity contribution in [1.82, 2.24) is 0 Å². The van der Waals surface area contributed by atoms with Crippen LogP contribution < -0.4 is 0 Å². The van der Waals surface area contributed by atoms with Gasteiger partial charge in [0.25, 0.3) is 0 Å². The summed E-state index contributed by atoms with van der Waals surface area (Å²) in [6.45, 7) is 13.3. The Kier molecular flexibility index (Phi) is 6.20. The molecule has 130 valence electrons. The van der Waals surface area contributed by atoms with E-state index in [1.807, 2.05) is 0 Å². The van der Waals surface area contributed by atoms with E-state index < -0.39 is 34.3 Å². The molecule has 22 heavy (non-hydrogen) atoms. The maximum Gasteiger partial charge on any atom is 0.342 e. The van der Waals surface area contributed by atoms with Gasteiger partial charge < -0.3 is 18.9 Å². The van der Waals surface area contributed by atoms with Crippen LogP contribution in [0, 0.1) is 0 Å². The molecule has 0 aromatic heterocycles. The zero-order chi connectivity index (χ0) is 18.0. The van der Waals surface area contributed by atoms with E-state index in [0.717, 1.165) is 0 Å². The first-order valence-corrected chi connectivity index (χ1v) is 7.20. The zero-order valence-electron chi connectivity index (χ0n) is 15.4. The minimum absolute atomic E-state index is 0.697. The molecule has 0 aliphatic carbocycles. The average molecular weight is 318 g/mol. The molecule has 0 saturated heterocycles. The van der Waals surface area contributed by atoms with Crippen LogP contribution in [0.3, 0.4) is 0 Å². The molecule has 0 aromatic rings. The molecule has 0 N–H and O–H groups in total. The molecular formula is C16H30O6. The quantitative estimate of drug-likeness (QED) is 0.725. The summed E-state index contributed by atoms with van der Waals surface area (Å²) in [6.07, 6.45) is 0. The Hall–Kier alpha value is -1.14. The van der Waals surface area contributed by atoms with Crippen LogP contribution in [0.4, 0.5) is 0 Å². The molecule has 0 aliphatic rings. The van der Waals surface area contributed by atoms with Gasteiger partial charge in [-0.1, -0.05) is 0 Å². The standard InChI is InChI=1S/C16H30O6/c1-13(2,3)21-11(17)15(7,19-9)16(8,20-10)12(18)22-14(4,5)6/h1-10H3. The third-order valence-electron chi connectivity index (χ3n) is 3.30. The SMILES string of the molecule is COC(C)(C(=O)OC(C)(C)C)C(C)(OC)C(=O)OC(C)(C)C. The van der Waals surface area contributed by atoms with Gasteiger partial charge in [0.1, 0.15) is 11.2 Å². The first-order chi connectivity index (χ1) is 9.63. The normalized spacial score (nSPS) is 18.1. The van der Waals surface area contributed by atoms with E-state index in [2.05, 4.69) is 0 Å². The van der Waals surface area contributed by atoms with Crippen molar-refractivity contribution in [1.29, 1.82) is 0 Å². The first kappa shape index (κ1) is 20.9. The second kappa shape index (κ2) is 6.54. The van der Waals surface area contributed by atoms with E-state index >= 15 is 0 Å². The lowest BCUT2D eigenvalue weighted by atomic mass is 9.84. The second-order valence-electron chi connectivity index (χ2n) is 7.48. The molecule has 0 fully saturated rings. The molecule has 0 aliphatic heterocycles. The number of carbonyl (C=O) groups excluding carboxylic acids is 2. The molecule has 6 heteroatoms. The summed E-state index contributed by atoms with van der Waals surface area (Å²) in [7, 11) is 2.65. The fraction of sp³-hybridized carbons (Fsp3) is 0.875. The summed E-state index contributed by atoms with van der Waals surface area (Å²) in [5, 5.41) is 0. The number of esters is 2. The molecule has 6 nitrogen and oxygen atoms in total. The Balaban J connectivity index is 5.71. The molecule has 0 radical (unpaired) electrons. The van der Waals surface area contributed by atoms with Crippen molar-refractivity contribution in [3.05, 3.63) is 0 Å². The van der Waals surface area contributed by atoms with Crippen molar-refractivity contribution < 1.29 is 28.5 Å². The lowest BCUT2D eigenvalue weighted by molar-refractivity contribution is -0.228. The number of carbonyl (C=O) groups is 2. The summed E-state index contributed by atoms with van der Waals surface area (Å²) in [5.41, 5.74) is -4.76. The van der Waals surface area contributed by atoms with E-state index in [4.69, 9.17) is 18.9 Å². The summed E-state index contributed by atoms with van der Waals surface area (Å²) < 4.78 is 21.4. The van der Waals surface area contributed by atoms with E-state index in [1.165, 1.54) is 28.1 Å². The lowest BCUT2D eigenvalue weighted by Gasteiger charge is -2.42. The van der Waals surface area contributed by atoms with Crippen LogP contribution in [0.25, 0.3) is 0 Å². The van der Waals surface area contributed by atoms with Crippen LogP contribution in [-0.4, -0.2) is 48.6 Å². The molecular weight excluding hydrogens is 288 g/mol. The molecule has 0 heterocycles. The molecule has 0 aromatic carbocycles. The Morgan fingerprint density at radius 1 is 0.591 bits per heavy atom. The minimum Gasteiger partial charge on any atom is -0.458 e. The zero-order valence-corrected chi connectivity index (χ0v) is 15.4. The summed E-state index contributed by atoms with van der Waals surface area (Å²) in [5.74, 6) is -1.39. The van der Waals surface area contributed by atoms with E-state index in [0.29, 0.717) is 0 Å². The lowest BCUT2D eigenvalue weighted by Crippen LogP contribution is -2.64. The molecule has 0 rings (SSSR count). The van der Waals surface area contributed by atoms with Gasteiger partial charge in [-0.15, -0.1) is 0 Å². The first-order valence-electron chi connectivity index (χ1n) is 7.20. The predicted octanol–water partition coefficient (Wildman–Crippen LogP) is 2.48. The van der Waals surface area contributed by atoms with Gasteiger partial charge >= 0.3 is 11.9 Å². The Morgan fingerprint density at radius 3 is 0.955 bits per heavy atom. The highest BCUT2D eigenvalue weighted by molar-refractivity contribution is 5.92. The van der Waals surface area contributed by atoms with Crippen molar-refractivity contribution >= 4 is 11.9 Å². The fourth-order valence-electron chi connectivity index (χ4n) is 1.70. The van der Waals surface area contributed by atoms with Crippen molar-refractivity contribution in [2.24, 2.45) is 0 Å². The topological polar surface area (TPSA) is 71.1 Å². The van der Waals surface area contributed by atoms with E-state index in [9.17, 15) is 9.59 Å². The third kappa shape index (κ3) is 4.68. The smallest absolute Gasteiger partial charge is 0.342 e. The van der Waals surface area contributed by atoms with Gasteiger partial charge in [0.05, 0.1) is 0 Å². The van der Waals surface area contributed by atoms with Crippen LogP contribution >= 0.6 is 0 Å². The van der Waals surface area contributed by atoms with Gasteiger partial charge in [0.2, 0.25) is 11.2 Å². The van der Waals surface area contributed by atoms with Crippen LogP contribution in [0.1, 0.15) is 55.4 Å². The highest BCUT2D eigenvalue weighted by atomic mass is 16.6. The minimum atomic E-state index is -1.66. The molecule has 0 amide bonds. The average Bonchev–Trinajstić information content (AvgIpc) is 2.32.